The first-order chi connectivity index (χ1) is 9.96. The summed E-state index contributed by atoms with van der Waals surface area (Å²) in [6.45, 7) is -0.366. The van der Waals surface area contributed by atoms with Gasteiger partial charge in [-0.2, -0.15) is 0 Å². The molecule has 4 nitrogen and oxygen atoms in total. The van der Waals surface area contributed by atoms with Gasteiger partial charge < -0.3 is 19.3 Å². The van der Waals surface area contributed by atoms with Crippen LogP contribution in [-0.4, -0.2) is 49.4 Å². The van der Waals surface area contributed by atoms with Crippen LogP contribution in [0, 0.1) is 0 Å². The SMILES string of the molecule is CO[C@@H]1O[C@@H](COCc2ccccc2)C(F)(F)[C@@H](O)[C@H]1F. The van der Waals surface area contributed by atoms with Crippen LogP contribution in [0.15, 0.2) is 30.3 Å². The van der Waals surface area contributed by atoms with Crippen LogP contribution in [0.4, 0.5) is 13.2 Å². The van der Waals surface area contributed by atoms with Crippen molar-refractivity contribution < 1.29 is 32.5 Å². The minimum atomic E-state index is -3.74. The van der Waals surface area contributed by atoms with Crippen molar-refractivity contribution in [3.63, 3.8) is 0 Å². The molecule has 1 aliphatic heterocycles. The monoisotopic (exact) mass is 306 g/mol. The highest BCUT2D eigenvalue weighted by molar-refractivity contribution is 5.13. The third-order valence-electron chi connectivity index (χ3n) is 3.30. The molecule has 0 amide bonds. The molecule has 1 aromatic carbocycles. The van der Waals surface area contributed by atoms with Gasteiger partial charge in [-0.15, -0.1) is 0 Å². The topological polar surface area (TPSA) is 47.9 Å². The van der Waals surface area contributed by atoms with Crippen molar-refractivity contribution in [3.8, 4) is 0 Å². The summed E-state index contributed by atoms with van der Waals surface area (Å²) in [5, 5.41) is 9.35. The lowest BCUT2D eigenvalue weighted by Crippen LogP contribution is -2.61. The number of benzene rings is 1. The highest BCUT2D eigenvalue weighted by atomic mass is 19.3. The van der Waals surface area contributed by atoms with Crippen LogP contribution in [-0.2, 0) is 20.8 Å². The molecular formula is C14H17F3O4. The van der Waals surface area contributed by atoms with Gasteiger partial charge in [-0.05, 0) is 5.56 Å². The fourth-order valence-electron chi connectivity index (χ4n) is 2.07. The van der Waals surface area contributed by atoms with Gasteiger partial charge in [0.25, 0.3) is 0 Å². The first-order valence-electron chi connectivity index (χ1n) is 6.46. The molecule has 4 atom stereocenters. The smallest absolute Gasteiger partial charge is 0.304 e. The molecule has 1 fully saturated rings. The van der Waals surface area contributed by atoms with Crippen molar-refractivity contribution in [1.29, 1.82) is 0 Å². The van der Waals surface area contributed by atoms with Gasteiger partial charge in [0.2, 0.25) is 0 Å². The van der Waals surface area contributed by atoms with Crippen molar-refractivity contribution in [2.24, 2.45) is 0 Å². The van der Waals surface area contributed by atoms with E-state index in [2.05, 4.69) is 4.74 Å². The average Bonchev–Trinajstić information content (AvgIpc) is 2.49. The first-order valence-corrected chi connectivity index (χ1v) is 6.46. The van der Waals surface area contributed by atoms with E-state index < -0.39 is 37.2 Å². The van der Waals surface area contributed by atoms with E-state index in [0.29, 0.717) is 0 Å². The summed E-state index contributed by atoms with van der Waals surface area (Å²) < 4.78 is 55.7. The number of aliphatic hydroxyl groups is 1. The molecule has 0 bridgehead atoms. The van der Waals surface area contributed by atoms with Crippen LogP contribution >= 0.6 is 0 Å². The molecule has 1 aliphatic rings. The van der Waals surface area contributed by atoms with E-state index >= 15 is 0 Å². The molecule has 0 aromatic heterocycles. The van der Waals surface area contributed by atoms with Crippen molar-refractivity contribution in [2.45, 2.75) is 37.2 Å². The Morgan fingerprint density at radius 1 is 1.29 bits per heavy atom. The van der Waals surface area contributed by atoms with E-state index in [1.807, 2.05) is 6.07 Å². The molecular weight excluding hydrogens is 289 g/mol. The van der Waals surface area contributed by atoms with Crippen molar-refractivity contribution in [2.75, 3.05) is 13.7 Å². The number of aliphatic hydroxyl groups excluding tert-OH is 1. The second kappa shape index (κ2) is 6.74. The van der Waals surface area contributed by atoms with Gasteiger partial charge in [0.05, 0.1) is 13.2 Å². The summed E-state index contributed by atoms with van der Waals surface area (Å²) >= 11 is 0. The Labute approximate surface area is 120 Å². The Balaban J connectivity index is 1.94. The average molecular weight is 306 g/mol. The highest BCUT2D eigenvalue weighted by Crippen LogP contribution is 2.36. The molecule has 0 aliphatic carbocycles. The zero-order valence-corrected chi connectivity index (χ0v) is 11.4. The maximum atomic E-state index is 13.8. The minimum Gasteiger partial charge on any atom is -0.383 e. The van der Waals surface area contributed by atoms with Gasteiger partial charge in [0, 0.05) is 7.11 Å². The third-order valence-corrected chi connectivity index (χ3v) is 3.30. The lowest BCUT2D eigenvalue weighted by Gasteiger charge is -2.40. The van der Waals surface area contributed by atoms with Crippen molar-refractivity contribution >= 4 is 0 Å². The Bertz CT molecular complexity index is 443. The fraction of sp³-hybridized carbons (Fsp3) is 0.571. The van der Waals surface area contributed by atoms with E-state index in [0.717, 1.165) is 12.7 Å². The summed E-state index contributed by atoms with van der Waals surface area (Å²) in [4.78, 5) is 0. The van der Waals surface area contributed by atoms with E-state index in [9.17, 15) is 18.3 Å². The van der Waals surface area contributed by atoms with Gasteiger partial charge in [-0.3, -0.25) is 0 Å². The van der Waals surface area contributed by atoms with Crippen LogP contribution in [0.1, 0.15) is 5.56 Å². The van der Waals surface area contributed by atoms with Crippen LogP contribution in [0.25, 0.3) is 0 Å². The molecule has 0 spiro atoms. The normalized spacial score (nSPS) is 32.0. The molecule has 0 saturated carbocycles. The molecule has 7 heteroatoms. The molecule has 1 saturated heterocycles. The lowest BCUT2D eigenvalue weighted by molar-refractivity contribution is -0.330. The molecule has 118 valence electrons. The molecule has 1 aromatic rings. The number of rotatable bonds is 5. The summed E-state index contributed by atoms with van der Waals surface area (Å²) in [6, 6.07) is 8.98. The van der Waals surface area contributed by atoms with E-state index in [1.54, 1.807) is 24.3 Å². The highest BCUT2D eigenvalue weighted by Gasteiger charge is 2.58. The molecule has 1 N–H and O–H groups in total. The van der Waals surface area contributed by atoms with E-state index in [4.69, 9.17) is 9.47 Å². The van der Waals surface area contributed by atoms with E-state index in [1.165, 1.54) is 0 Å². The molecule has 0 radical (unpaired) electrons. The maximum Gasteiger partial charge on any atom is 0.304 e. The Kier molecular flexibility index (Phi) is 5.21. The summed E-state index contributed by atoms with van der Waals surface area (Å²) in [7, 11) is 1.12. The van der Waals surface area contributed by atoms with Gasteiger partial charge in [-0.25, -0.2) is 13.2 Å². The fourth-order valence-corrected chi connectivity index (χ4v) is 2.07. The van der Waals surface area contributed by atoms with Gasteiger partial charge in [0.1, 0.15) is 0 Å². The number of methoxy groups -OCH3 is 1. The van der Waals surface area contributed by atoms with Gasteiger partial charge in [0.15, 0.2) is 24.7 Å². The van der Waals surface area contributed by atoms with Crippen LogP contribution in [0.2, 0.25) is 0 Å². The molecule has 0 unspecified atom stereocenters. The number of halogens is 3. The third kappa shape index (κ3) is 3.55. The number of alkyl halides is 3. The zero-order valence-electron chi connectivity index (χ0n) is 11.4. The van der Waals surface area contributed by atoms with Crippen LogP contribution in [0.3, 0.4) is 0 Å². The largest absolute Gasteiger partial charge is 0.383 e. The number of hydrogen-bond acceptors (Lipinski definition) is 4. The molecule has 21 heavy (non-hydrogen) atoms. The Hall–Kier alpha value is -1.15. The van der Waals surface area contributed by atoms with Crippen LogP contribution in [0.5, 0.6) is 0 Å². The molecule has 2 rings (SSSR count). The zero-order chi connectivity index (χ0) is 15.5. The molecule has 1 heterocycles. The van der Waals surface area contributed by atoms with Crippen molar-refractivity contribution in [3.05, 3.63) is 35.9 Å². The quantitative estimate of drug-likeness (QED) is 0.903. The van der Waals surface area contributed by atoms with Crippen molar-refractivity contribution in [1.82, 2.24) is 0 Å². The van der Waals surface area contributed by atoms with E-state index in [-0.39, 0.29) is 6.61 Å². The summed E-state index contributed by atoms with van der Waals surface area (Å²) in [6.07, 6.45) is -8.10. The summed E-state index contributed by atoms with van der Waals surface area (Å²) in [5.41, 5.74) is 0.809. The predicted molar refractivity (Wildman–Crippen MR) is 67.6 cm³/mol. The van der Waals surface area contributed by atoms with Crippen LogP contribution < -0.4 is 0 Å². The number of ether oxygens (including phenoxy) is 3. The Morgan fingerprint density at radius 3 is 2.57 bits per heavy atom. The predicted octanol–water partition coefficient (Wildman–Crippen LogP) is 1.91. The maximum absolute atomic E-state index is 13.8. The van der Waals surface area contributed by atoms with Gasteiger partial charge >= 0.3 is 5.92 Å². The first kappa shape index (κ1) is 16.2. The van der Waals surface area contributed by atoms with Gasteiger partial charge in [-0.1, -0.05) is 30.3 Å². The second-order valence-corrected chi connectivity index (χ2v) is 4.79. The lowest BCUT2D eigenvalue weighted by atomic mass is 9.99. The second-order valence-electron chi connectivity index (χ2n) is 4.79. The standard InChI is InChI=1S/C14H17F3O4/c1-19-13-11(15)12(18)14(16,17)10(21-13)8-20-7-9-5-3-2-4-6-9/h2-6,10-13,18H,7-8H2,1H3/t10-,11+,12-,13+/m0/s1. The number of hydrogen-bond donors (Lipinski definition) is 1. The minimum absolute atomic E-state index is 0.115. The summed E-state index contributed by atoms with van der Waals surface area (Å²) in [5.74, 6) is -3.74. The Morgan fingerprint density at radius 2 is 1.95 bits per heavy atom.